The van der Waals surface area contributed by atoms with E-state index in [4.69, 9.17) is 5.11 Å². The number of carboxylic acid groups (broad SMARTS) is 1. The molecule has 1 amide bonds. The summed E-state index contributed by atoms with van der Waals surface area (Å²) in [5.41, 5.74) is -1.03. The first-order valence-corrected chi connectivity index (χ1v) is 5.51. The third-order valence-corrected chi connectivity index (χ3v) is 3.04. The number of carbonyl (C=O) groups is 2. The highest BCUT2D eigenvalue weighted by molar-refractivity contribution is 5.87. The first kappa shape index (κ1) is 11.6. The Morgan fingerprint density at radius 2 is 2.24 bits per heavy atom. The normalized spacial score (nSPS) is 17.2. The Hall–Kier alpha value is -1.92. The number of carbonyl (C=O) groups excluding carboxylic acids is 1. The Balaban J connectivity index is 1.83. The molecule has 1 fully saturated rings. The zero-order valence-electron chi connectivity index (χ0n) is 9.30. The zero-order valence-corrected chi connectivity index (χ0v) is 9.30. The molecule has 1 aromatic heterocycles. The van der Waals surface area contributed by atoms with Gasteiger partial charge >= 0.3 is 5.97 Å². The van der Waals surface area contributed by atoms with Crippen molar-refractivity contribution in [1.29, 1.82) is 0 Å². The minimum absolute atomic E-state index is 0.207. The van der Waals surface area contributed by atoms with Gasteiger partial charge in [0.05, 0.1) is 12.7 Å². The molecule has 1 aromatic rings. The molecule has 92 valence electrons. The van der Waals surface area contributed by atoms with Crippen LogP contribution in [0.4, 0.5) is 0 Å². The van der Waals surface area contributed by atoms with Crippen LogP contribution in [-0.2, 0) is 16.1 Å². The monoisotopic (exact) mass is 238 g/mol. The lowest BCUT2D eigenvalue weighted by Gasteiger charge is -2.38. The summed E-state index contributed by atoms with van der Waals surface area (Å²) in [6.45, 7) is 0.404. The molecule has 0 aromatic carbocycles. The van der Waals surface area contributed by atoms with E-state index in [0.717, 1.165) is 6.42 Å². The number of hydrogen-bond donors (Lipinski definition) is 2. The van der Waals surface area contributed by atoms with Gasteiger partial charge in [0.15, 0.2) is 0 Å². The lowest BCUT2D eigenvalue weighted by atomic mass is 9.76. The molecule has 1 aliphatic carbocycles. The van der Waals surface area contributed by atoms with Gasteiger partial charge in [-0.2, -0.15) is 0 Å². The number of nitrogens with zero attached hydrogens (tertiary/aromatic N) is 3. The van der Waals surface area contributed by atoms with E-state index in [1.165, 1.54) is 10.9 Å². The molecule has 7 nitrogen and oxygen atoms in total. The molecule has 2 rings (SSSR count). The molecule has 2 N–H and O–H groups in total. The molecule has 0 spiro atoms. The van der Waals surface area contributed by atoms with Crippen molar-refractivity contribution in [1.82, 2.24) is 20.3 Å². The SMILES string of the molecule is O=C(CCn1ccnn1)NC1(C(=O)O)CCC1. The van der Waals surface area contributed by atoms with Gasteiger partial charge in [-0.25, -0.2) is 4.79 Å². The molecule has 17 heavy (non-hydrogen) atoms. The topological polar surface area (TPSA) is 97.1 Å². The molecule has 0 aliphatic heterocycles. The van der Waals surface area contributed by atoms with Crippen LogP contribution in [0.15, 0.2) is 12.4 Å². The summed E-state index contributed by atoms with van der Waals surface area (Å²) < 4.78 is 1.54. The van der Waals surface area contributed by atoms with Gasteiger partial charge in [-0.05, 0) is 19.3 Å². The number of rotatable bonds is 5. The molecular formula is C10H14N4O3. The van der Waals surface area contributed by atoms with Gasteiger partial charge in [0.2, 0.25) is 5.91 Å². The van der Waals surface area contributed by atoms with Gasteiger partial charge in [-0.1, -0.05) is 5.21 Å². The highest BCUT2D eigenvalue weighted by Crippen LogP contribution is 2.32. The second kappa shape index (κ2) is 4.52. The molecule has 0 radical (unpaired) electrons. The summed E-state index contributed by atoms with van der Waals surface area (Å²) in [5.74, 6) is -1.21. The lowest BCUT2D eigenvalue weighted by molar-refractivity contribution is -0.151. The molecule has 0 atom stereocenters. The first-order chi connectivity index (χ1) is 8.12. The Labute approximate surface area is 97.8 Å². The second-order valence-electron chi connectivity index (χ2n) is 4.21. The van der Waals surface area contributed by atoms with Crippen molar-refractivity contribution < 1.29 is 14.7 Å². The molecule has 0 saturated heterocycles. The molecule has 0 unspecified atom stereocenters. The van der Waals surface area contributed by atoms with E-state index in [-0.39, 0.29) is 12.3 Å². The second-order valence-corrected chi connectivity index (χ2v) is 4.21. The van der Waals surface area contributed by atoms with Crippen LogP contribution in [0.2, 0.25) is 0 Å². The smallest absolute Gasteiger partial charge is 0.329 e. The highest BCUT2D eigenvalue weighted by atomic mass is 16.4. The third kappa shape index (κ3) is 2.43. The number of aryl methyl sites for hydroxylation is 1. The van der Waals surface area contributed by atoms with Crippen molar-refractivity contribution >= 4 is 11.9 Å². The van der Waals surface area contributed by atoms with Crippen LogP contribution in [0.3, 0.4) is 0 Å². The van der Waals surface area contributed by atoms with Gasteiger partial charge in [0, 0.05) is 12.6 Å². The number of carboxylic acids is 1. The highest BCUT2D eigenvalue weighted by Gasteiger charge is 2.45. The van der Waals surface area contributed by atoms with Crippen LogP contribution in [0, 0.1) is 0 Å². The van der Waals surface area contributed by atoms with E-state index in [9.17, 15) is 9.59 Å². The predicted octanol–water partition coefficient (Wildman–Crippen LogP) is -0.208. The fourth-order valence-corrected chi connectivity index (χ4v) is 1.82. The van der Waals surface area contributed by atoms with Gasteiger partial charge in [0.25, 0.3) is 0 Å². The van der Waals surface area contributed by atoms with Crippen molar-refractivity contribution in [2.45, 2.75) is 37.8 Å². The van der Waals surface area contributed by atoms with Crippen molar-refractivity contribution in [3.05, 3.63) is 12.4 Å². The summed E-state index contributed by atoms with van der Waals surface area (Å²) in [7, 11) is 0. The molecular weight excluding hydrogens is 224 g/mol. The largest absolute Gasteiger partial charge is 0.480 e. The average molecular weight is 238 g/mol. The first-order valence-electron chi connectivity index (χ1n) is 5.51. The quantitative estimate of drug-likeness (QED) is 0.739. The average Bonchev–Trinajstić information content (AvgIpc) is 2.72. The zero-order chi connectivity index (χ0) is 12.3. The van der Waals surface area contributed by atoms with Crippen molar-refractivity contribution in [3.8, 4) is 0 Å². The van der Waals surface area contributed by atoms with E-state index in [1.54, 1.807) is 6.20 Å². The predicted molar refractivity (Wildman–Crippen MR) is 57.0 cm³/mol. The maximum atomic E-state index is 11.6. The van der Waals surface area contributed by atoms with Gasteiger partial charge in [-0.15, -0.1) is 5.10 Å². The van der Waals surface area contributed by atoms with Gasteiger partial charge < -0.3 is 10.4 Å². The fraction of sp³-hybridized carbons (Fsp3) is 0.600. The minimum atomic E-state index is -1.03. The van der Waals surface area contributed by atoms with Crippen LogP contribution in [-0.4, -0.2) is 37.5 Å². The third-order valence-electron chi connectivity index (χ3n) is 3.04. The van der Waals surface area contributed by atoms with Gasteiger partial charge in [-0.3, -0.25) is 9.48 Å². The molecule has 7 heteroatoms. The Bertz CT molecular complexity index is 411. The van der Waals surface area contributed by atoms with Crippen LogP contribution >= 0.6 is 0 Å². The maximum absolute atomic E-state index is 11.6. The Morgan fingerprint density at radius 1 is 1.47 bits per heavy atom. The van der Waals surface area contributed by atoms with Crippen LogP contribution in [0.1, 0.15) is 25.7 Å². The number of nitrogens with one attached hydrogen (secondary N) is 1. The number of aromatic nitrogens is 3. The number of amides is 1. The van der Waals surface area contributed by atoms with Crippen LogP contribution < -0.4 is 5.32 Å². The van der Waals surface area contributed by atoms with E-state index in [2.05, 4.69) is 15.6 Å². The molecule has 1 aliphatic rings. The molecule has 0 bridgehead atoms. The van der Waals surface area contributed by atoms with E-state index in [0.29, 0.717) is 19.4 Å². The molecule has 1 saturated carbocycles. The Kier molecular flexibility index (Phi) is 3.08. The summed E-state index contributed by atoms with van der Waals surface area (Å²) >= 11 is 0. The lowest BCUT2D eigenvalue weighted by Crippen LogP contribution is -2.59. The van der Waals surface area contributed by atoms with Crippen LogP contribution in [0.5, 0.6) is 0 Å². The van der Waals surface area contributed by atoms with Crippen LogP contribution in [0.25, 0.3) is 0 Å². The van der Waals surface area contributed by atoms with Crippen molar-refractivity contribution in [3.63, 3.8) is 0 Å². The maximum Gasteiger partial charge on any atom is 0.329 e. The summed E-state index contributed by atoms with van der Waals surface area (Å²) in [6.07, 6.45) is 5.26. The summed E-state index contributed by atoms with van der Waals surface area (Å²) in [6, 6.07) is 0. The standard InChI is InChI=1S/C10H14N4O3/c15-8(2-6-14-7-5-11-13-14)12-10(9(16)17)3-1-4-10/h5,7H,1-4,6H2,(H,12,15)(H,16,17). The summed E-state index contributed by atoms with van der Waals surface area (Å²) in [4.78, 5) is 22.6. The summed E-state index contributed by atoms with van der Waals surface area (Å²) in [5, 5.41) is 19.0. The van der Waals surface area contributed by atoms with E-state index >= 15 is 0 Å². The van der Waals surface area contributed by atoms with Crippen molar-refractivity contribution in [2.24, 2.45) is 0 Å². The van der Waals surface area contributed by atoms with Crippen molar-refractivity contribution in [2.75, 3.05) is 0 Å². The van der Waals surface area contributed by atoms with Gasteiger partial charge in [0.1, 0.15) is 5.54 Å². The van der Waals surface area contributed by atoms with E-state index in [1.807, 2.05) is 0 Å². The Morgan fingerprint density at radius 3 is 2.71 bits per heavy atom. The number of aliphatic carboxylic acids is 1. The minimum Gasteiger partial charge on any atom is -0.480 e. The molecule has 1 heterocycles. The number of hydrogen-bond acceptors (Lipinski definition) is 4. The fourth-order valence-electron chi connectivity index (χ4n) is 1.82. The van der Waals surface area contributed by atoms with E-state index < -0.39 is 11.5 Å².